The number of aromatic amines is 1. The highest BCUT2D eigenvalue weighted by Gasteiger charge is 2.25. The second-order valence-electron chi connectivity index (χ2n) is 9.55. The maximum atomic E-state index is 12.9. The van der Waals surface area contributed by atoms with Crippen LogP contribution in [0.15, 0.2) is 29.1 Å². The molecule has 1 aliphatic rings. The number of tetrazole rings is 1. The van der Waals surface area contributed by atoms with E-state index in [0.717, 1.165) is 73.7 Å². The van der Waals surface area contributed by atoms with Gasteiger partial charge >= 0.3 is 0 Å². The number of morpholine rings is 1. The number of benzene rings is 1. The second-order valence-corrected chi connectivity index (χ2v) is 9.55. The van der Waals surface area contributed by atoms with Crippen molar-refractivity contribution in [3.8, 4) is 0 Å². The molecule has 1 N–H and O–H groups in total. The minimum Gasteiger partial charge on any atom is -0.379 e. The van der Waals surface area contributed by atoms with Gasteiger partial charge in [-0.05, 0) is 60.7 Å². The van der Waals surface area contributed by atoms with E-state index in [4.69, 9.17) is 4.74 Å². The predicted molar refractivity (Wildman–Crippen MR) is 128 cm³/mol. The molecule has 3 heterocycles. The Labute approximate surface area is 194 Å². The molecule has 3 aromatic rings. The zero-order valence-electron chi connectivity index (χ0n) is 20.2. The van der Waals surface area contributed by atoms with E-state index in [1.54, 1.807) is 0 Å². The third-order valence-corrected chi connectivity index (χ3v) is 6.65. The van der Waals surface area contributed by atoms with E-state index in [9.17, 15) is 4.79 Å². The number of H-pyrrole nitrogens is 1. The van der Waals surface area contributed by atoms with Gasteiger partial charge in [0, 0.05) is 43.8 Å². The zero-order chi connectivity index (χ0) is 23.4. The van der Waals surface area contributed by atoms with Crippen LogP contribution in [-0.4, -0.2) is 74.4 Å². The molecule has 1 aromatic carbocycles. The van der Waals surface area contributed by atoms with Crippen LogP contribution in [0, 0.1) is 6.92 Å². The van der Waals surface area contributed by atoms with E-state index < -0.39 is 0 Å². The number of aromatic nitrogens is 5. The lowest BCUT2D eigenvalue weighted by atomic mass is 10.0. The molecular formula is C24H35N7O2. The third-order valence-electron chi connectivity index (χ3n) is 6.65. The molecule has 1 fully saturated rings. The van der Waals surface area contributed by atoms with E-state index in [1.165, 1.54) is 0 Å². The molecule has 33 heavy (non-hydrogen) atoms. The van der Waals surface area contributed by atoms with Crippen molar-refractivity contribution in [3.05, 3.63) is 51.6 Å². The summed E-state index contributed by atoms with van der Waals surface area (Å²) in [7, 11) is 0. The molecule has 9 nitrogen and oxygen atoms in total. The van der Waals surface area contributed by atoms with Crippen molar-refractivity contribution >= 4 is 10.9 Å². The standard InChI is InChI=1S/C24H35N7O2/c1-5-24(3,4)31-22(26-27-28-31)17-30(9-8-29-10-12-33-13-11-29)16-20-15-19-7-6-18(2)14-21(19)25-23(20)32/h6-7,14-15H,5,8-13,16-17H2,1-4H3,(H,25,32). The molecular weight excluding hydrogens is 418 g/mol. The zero-order valence-corrected chi connectivity index (χ0v) is 20.2. The fraction of sp³-hybridized carbons (Fsp3) is 0.583. The van der Waals surface area contributed by atoms with Gasteiger partial charge in [0.25, 0.3) is 5.56 Å². The largest absolute Gasteiger partial charge is 0.379 e. The molecule has 0 saturated carbocycles. The number of ether oxygens (including phenoxy) is 1. The molecule has 178 valence electrons. The van der Waals surface area contributed by atoms with Gasteiger partial charge in [0.15, 0.2) is 5.82 Å². The summed E-state index contributed by atoms with van der Waals surface area (Å²) in [6.07, 6.45) is 0.919. The highest BCUT2D eigenvalue weighted by Crippen LogP contribution is 2.20. The Morgan fingerprint density at radius 3 is 2.73 bits per heavy atom. The van der Waals surface area contributed by atoms with Gasteiger partial charge in [-0.2, -0.15) is 0 Å². The predicted octanol–water partition coefficient (Wildman–Crippen LogP) is 2.30. The average molecular weight is 454 g/mol. The summed E-state index contributed by atoms with van der Waals surface area (Å²) in [5.74, 6) is 0.816. The maximum Gasteiger partial charge on any atom is 0.252 e. The topological polar surface area (TPSA) is 92.2 Å². The summed E-state index contributed by atoms with van der Waals surface area (Å²) < 4.78 is 7.41. The first-order chi connectivity index (χ1) is 15.9. The first kappa shape index (κ1) is 23.5. The van der Waals surface area contributed by atoms with Crippen molar-refractivity contribution in [2.45, 2.75) is 52.7 Å². The van der Waals surface area contributed by atoms with E-state index in [2.05, 4.69) is 63.2 Å². The Balaban J connectivity index is 1.58. The van der Waals surface area contributed by atoms with E-state index in [1.807, 2.05) is 23.7 Å². The van der Waals surface area contributed by atoms with Crippen LogP contribution in [0.3, 0.4) is 0 Å². The minimum atomic E-state index is -0.174. The molecule has 0 amide bonds. The van der Waals surface area contributed by atoms with Crippen molar-refractivity contribution in [2.75, 3.05) is 39.4 Å². The van der Waals surface area contributed by atoms with Crippen molar-refractivity contribution in [1.82, 2.24) is 35.0 Å². The summed E-state index contributed by atoms with van der Waals surface area (Å²) >= 11 is 0. The van der Waals surface area contributed by atoms with Crippen LogP contribution >= 0.6 is 0 Å². The van der Waals surface area contributed by atoms with Gasteiger partial charge in [0.05, 0.1) is 25.3 Å². The Hall–Kier alpha value is -2.62. The van der Waals surface area contributed by atoms with Gasteiger partial charge in [0.1, 0.15) is 0 Å². The lowest BCUT2D eigenvalue weighted by Crippen LogP contribution is -2.42. The Morgan fingerprint density at radius 1 is 1.18 bits per heavy atom. The number of pyridine rings is 1. The molecule has 1 aliphatic heterocycles. The summed E-state index contributed by atoms with van der Waals surface area (Å²) in [5.41, 5.74) is 2.54. The lowest BCUT2D eigenvalue weighted by molar-refractivity contribution is 0.0321. The number of hydrogen-bond donors (Lipinski definition) is 1. The van der Waals surface area contributed by atoms with E-state index in [0.29, 0.717) is 13.1 Å². The molecule has 9 heteroatoms. The van der Waals surface area contributed by atoms with Crippen molar-refractivity contribution in [2.24, 2.45) is 0 Å². The molecule has 2 aromatic heterocycles. The van der Waals surface area contributed by atoms with Crippen LogP contribution in [0.5, 0.6) is 0 Å². The summed E-state index contributed by atoms with van der Waals surface area (Å²) in [4.78, 5) is 20.6. The van der Waals surface area contributed by atoms with Gasteiger partial charge in [-0.15, -0.1) is 5.10 Å². The Morgan fingerprint density at radius 2 is 1.97 bits per heavy atom. The van der Waals surface area contributed by atoms with Gasteiger partial charge < -0.3 is 9.72 Å². The molecule has 0 radical (unpaired) electrons. The third kappa shape index (κ3) is 5.66. The van der Waals surface area contributed by atoms with Gasteiger partial charge in [-0.3, -0.25) is 14.6 Å². The minimum absolute atomic E-state index is 0.0436. The monoisotopic (exact) mass is 453 g/mol. The molecule has 0 spiro atoms. The fourth-order valence-corrected chi connectivity index (χ4v) is 4.16. The van der Waals surface area contributed by atoms with Crippen molar-refractivity contribution in [3.63, 3.8) is 0 Å². The molecule has 0 unspecified atom stereocenters. The number of nitrogens with zero attached hydrogens (tertiary/aromatic N) is 6. The van der Waals surface area contributed by atoms with Crippen molar-refractivity contribution < 1.29 is 4.74 Å². The van der Waals surface area contributed by atoms with E-state index in [-0.39, 0.29) is 11.1 Å². The highest BCUT2D eigenvalue weighted by atomic mass is 16.5. The first-order valence-electron chi connectivity index (χ1n) is 11.8. The first-order valence-corrected chi connectivity index (χ1v) is 11.8. The molecule has 0 atom stereocenters. The van der Waals surface area contributed by atoms with Crippen LogP contribution in [0.1, 0.15) is 44.1 Å². The normalized spacial score (nSPS) is 15.5. The molecule has 4 rings (SSSR count). The summed E-state index contributed by atoms with van der Waals surface area (Å²) in [5, 5.41) is 13.6. The highest BCUT2D eigenvalue weighted by molar-refractivity contribution is 5.79. The van der Waals surface area contributed by atoms with Crippen LogP contribution < -0.4 is 5.56 Å². The number of fused-ring (bicyclic) bond motifs is 1. The summed E-state index contributed by atoms with van der Waals surface area (Å²) in [6, 6.07) is 8.15. The molecule has 1 saturated heterocycles. The van der Waals surface area contributed by atoms with Crippen molar-refractivity contribution in [1.29, 1.82) is 0 Å². The lowest BCUT2D eigenvalue weighted by Gasteiger charge is -2.30. The average Bonchev–Trinajstić information content (AvgIpc) is 3.28. The fourth-order valence-electron chi connectivity index (χ4n) is 4.16. The number of aryl methyl sites for hydroxylation is 1. The maximum absolute atomic E-state index is 12.9. The quantitative estimate of drug-likeness (QED) is 0.531. The van der Waals surface area contributed by atoms with Gasteiger partial charge in [0.2, 0.25) is 0 Å². The van der Waals surface area contributed by atoms with Gasteiger partial charge in [-0.25, -0.2) is 4.68 Å². The number of nitrogens with one attached hydrogen (secondary N) is 1. The Bertz CT molecular complexity index is 1130. The van der Waals surface area contributed by atoms with Crippen LogP contribution in [-0.2, 0) is 23.4 Å². The second kappa shape index (κ2) is 10.1. The SMILES string of the molecule is CCC(C)(C)n1nnnc1CN(CCN1CCOCC1)Cc1cc2ccc(C)cc2[nH]c1=O. The Kier molecular flexibility index (Phi) is 7.21. The smallest absolute Gasteiger partial charge is 0.252 e. The molecule has 0 aliphatic carbocycles. The number of hydrogen-bond acceptors (Lipinski definition) is 7. The summed E-state index contributed by atoms with van der Waals surface area (Å²) in [6.45, 7) is 14.7. The number of rotatable bonds is 9. The van der Waals surface area contributed by atoms with Crippen LogP contribution in [0.25, 0.3) is 10.9 Å². The van der Waals surface area contributed by atoms with Crippen LogP contribution in [0.4, 0.5) is 0 Å². The van der Waals surface area contributed by atoms with Gasteiger partial charge in [-0.1, -0.05) is 19.1 Å². The van der Waals surface area contributed by atoms with Crippen LogP contribution in [0.2, 0.25) is 0 Å². The molecule has 0 bridgehead atoms. The van der Waals surface area contributed by atoms with E-state index >= 15 is 0 Å².